The van der Waals surface area contributed by atoms with Gasteiger partial charge in [0, 0.05) is 5.54 Å². The molecule has 0 aromatic carbocycles. The minimum Gasteiger partial charge on any atom is -0.481 e. The lowest BCUT2D eigenvalue weighted by atomic mass is 9.64. The van der Waals surface area contributed by atoms with E-state index in [9.17, 15) is 4.79 Å². The van der Waals surface area contributed by atoms with Gasteiger partial charge in [-0.2, -0.15) is 0 Å². The molecule has 12 heavy (non-hydrogen) atoms. The molecule has 3 unspecified atom stereocenters. The highest BCUT2D eigenvalue weighted by Crippen LogP contribution is 2.41. The van der Waals surface area contributed by atoms with E-state index >= 15 is 0 Å². The van der Waals surface area contributed by atoms with Crippen LogP contribution in [0.5, 0.6) is 0 Å². The lowest BCUT2D eigenvalue weighted by Crippen LogP contribution is -2.54. The average Bonchev–Trinajstić information content (AvgIpc) is 2.04. The number of hydrogen-bond acceptors (Lipinski definition) is 2. The molecule has 0 spiro atoms. The van der Waals surface area contributed by atoms with Gasteiger partial charge in [0.05, 0.1) is 5.92 Å². The number of carboxylic acids is 1. The Morgan fingerprint density at radius 3 is 2.75 bits per heavy atom. The zero-order chi connectivity index (χ0) is 8.77. The second-order valence-electron chi connectivity index (χ2n) is 3.90. The van der Waals surface area contributed by atoms with E-state index in [1.807, 2.05) is 6.08 Å². The molecule has 0 aliphatic heterocycles. The van der Waals surface area contributed by atoms with Crippen LogP contribution in [0.25, 0.3) is 0 Å². The topological polar surface area (TPSA) is 63.3 Å². The Hall–Kier alpha value is -0.830. The van der Waals surface area contributed by atoms with Crippen molar-refractivity contribution in [3.05, 3.63) is 12.2 Å². The zero-order valence-electron chi connectivity index (χ0n) is 6.86. The first-order chi connectivity index (χ1) is 5.62. The van der Waals surface area contributed by atoms with Crippen molar-refractivity contribution < 1.29 is 9.90 Å². The molecule has 3 aliphatic rings. The van der Waals surface area contributed by atoms with E-state index in [-0.39, 0.29) is 5.92 Å². The summed E-state index contributed by atoms with van der Waals surface area (Å²) in [7, 11) is 0. The van der Waals surface area contributed by atoms with Crippen molar-refractivity contribution in [1.29, 1.82) is 0 Å². The van der Waals surface area contributed by atoms with Crippen molar-refractivity contribution in [3.63, 3.8) is 0 Å². The Morgan fingerprint density at radius 2 is 2.42 bits per heavy atom. The molecule has 0 aromatic heterocycles. The predicted octanol–water partition coefficient (Wildman–Crippen LogP) is 0.755. The van der Waals surface area contributed by atoms with Gasteiger partial charge >= 0.3 is 5.97 Å². The summed E-state index contributed by atoms with van der Waals surface area (Å²) in [4.78, 5) is 10.8. The normalized spacial score (nSPS) is 44.8. The van der Waals surface area contributed by atoms with Gasteiger partial charge in [-0.25, -0.2) is 0 Å². The maximum atomic E-state index is 10.8. The van der Waals surface area contributed by atoms with E-state index in [1.165, 1.54) is 0 Å². The molecule has 0 aromatic rings. The predicted molar refractivity (Wildman–Crippen MR) is 44.5 cm³/mol. The molecule has 2 bridgehead atoms. The second-order valence-corrected chi connectivity index (χ2v) is 3.90. The molecular formula is C9H13NO2. The largest absolute Gasteiger partial charge is 0.481 e. The third-order valence-corrected chi connectivity index (χ3v) is 3.11. The fourth-order valence-corrected chi connectivity index (χ4v) is 2.27. The lowest BCUT2D eigenvalue weighted by Gasteiger charge is -2.43. The van der Waals surface area contributed by atoms with Gasteiger partial charge in [0.1, 0.15) is 0 Å². The second kappa shape index (κ2) is 2.33. The molecule has 3 aliphatic carbocycles. The maximum Gasteiger partial charge on any atom is 0.308 e. The van der Waals surface area contributed by atoms with Gasteiger partial charge in [-0.15, -0.1) is 0 Å². The molecule has 66 valence electrons. The first-order valence-electron chi connectivity index (χ1n) is 4.33. The molecule has 0 saturated heterocycles. The number of allylic oxidation sites excluding steroid dienone is 1. The lowest BCUT2D eigenvalue weighted by molar-refractivity contribution is -0.145. The molecule has 3 heteroatoms. The maximum absolute atomic E-state index is 10.8. The Labute approximate surface area is 71.3 Å². The Kier molecular flexibility index (Phi) is 1.51. The smallest absolute Gasteiger partial charge is 0.308 e. The minimum absolute atomic E-state index is 0.360. The van der Waals surface area contributed by atoms with Crippen molar-refractivity contribution >= 4 is 5.97 Å². The highest BCUT2D eigenvalue weighted by Gasteiger charge is 2.45. The fraction of sp³-hybridized carbons (Fsp3) is 0.667. The van der Waals surface area contributed by atoms with Gasteiger partial charge in [-0.3, -0.25) is 4.79 Å². The molecule has 3 N–H and O–H groups in total. The number of aliphatic carboxylic acids is 1. The molecule has 0 heterocycles. The summed E-state index contributed by atoms with van der Waals surface area (Å²) in [5.41, 5.74) is 5.42. The van der Waals surface area contributed by atoms with E-state index in [1.54, 1.807) is 0 Å². The zero-order valence-corrected chi connectivity index (χ0v) is 6.86. The van der Waals surface area contributed by atoms with Crippen LogP contribution >= 0.6 is 0 Å². The number of carbonyl (C=O) groups is 1. The summed E-state index contributed by atoms with van der Waals surface area (Å²) in [6.45, 7) is 0. The van der Waals surface area contributed by atoms with Gasteiger partial charge in [-0.05, 0) is 25.2 Å². The van der Waals surface area contributed by atoms with Gasteiger partial charge in [0.15, 0.2) is 0 Å². The Balaban J connectivity index is 2.30. The van der Waals surface area contributed by atoms with Crippen molar-refractivity contribution in [2.24, 2.45) is 17.6 Å². The van der Waals surface area contributed by atoms with Gasteiger partial charge in [0.25, 0.3) is 0 Å². The summed E-state index contributed by atoms with van der Waals surface area (Å²) < 4.78 is 0. The Morgan fingerprint density at radius 1 is 1.67 bits per heavy atom. The average molecular weight is 167 g/mol. The van der Waals surface area contributed by atoms with Crippen LogP contribution in [0.4, 0.5) is 0 Å². The third kappa shape index (κ3) is 0.966. The minimum atomic E-state index is -0.744. The molecule has 3 atom stereocenters. The van der Waals surface area contributed by atoms with Crippen LogP contribution < -0.4 is 5.73 Å². The first-order valence-corrected chi connectivity index (χ1v) is 4.33. The molecule has 0 radical (unpaired) electrons. The molecule has 3 rings (SSSR count). The highest BCUT2D eigenvalue weighted by atomic mass is 16.4. The summed E-state index contributed by atoms with van der Waals surface area (Å²) in [6, 6.07) is 0. The van der Waals surface area contributed by atoms with Crippen molar-refractivity contribution in [1.82, 2.24) is 0 Å². The fourth-order valence-electron chi connectivity index (χ4n) is 2.27. The van der Waals surface area contributed by atoms with Crippen molar-refractivity contribution in [2.45, 2.75) is 24.8 Å². The summed E-state index contributed by atoms with van der Waals surface area (Å²) in [5, 5.41) is 8.91. The number of nitrogens with two attached hydrogens (primary N) is 1. The van der Waals surface area contributed by atoms with E-state index in [2.05, 4.69) is 6.08 Å². The van der Waals surface area contributed by atoms with Crippen LogP contribution in [0.15, 0.2) is 12.2 Å². The van der Waals surface area contributed by atoms with E-state index in [0.717, 1.165) is 19.3 Å². The number of rotatable bonds is 1. The summed E-state index contributed by atoms with van der Waals surface area (Å²) >= 11 is 0. The van der Waals surface area contributed by atoms with E-state index in [0.29, 0.717) is 5.92 Å². The highest BCUT2D eigenvalue weighted by molar-refractivity contribution is 5.73. The van der Waals surface area contributed by atoms with Gasteiger partial charge < -0.3 is 10.8 Å². The van der Waals surface area contributed by atoms with Crippen molar-refractivity contribution in [3.8, 4) is 0 Å². The van der Waals surface area contributed by atoms with Crippen LogP contribution in [-0.2, 0) is 4.79 Å². The van der Waals surface area contributed by atoms with Crippen LogP contribution in [0.1, 0.15) is 19.3 Å². The molecule has 3 nitrogen and oxygen atoms in total. The number of fused-ring (bicyclic) bond motifs is 2. The van der Waals surface area contributed by atoms with Crippen LogP contribution in [-0.4, -0.2) is 16.6 Å². The Bertz CT molecular complexity index is 249. The van der Waals surface area contributed by atoms with Crippen LogP contribution in [0.3, 0.4) is 0 Å². The van der Waals surface area contributed by atoms with Gasteiger partial charge in [-0.1, -0.05) is 12.2 Å². The first kappa shape index (κ1) is 7.80. The van der Waals surface area contributed by atoms with Gasteiger partial charge in [0.2, 0.25) is 0 Å². The molecule has 1 fully saturated rings. The standard InChI is InChI=1S/C9H13NO2/c10-9-3-1-6(2-4-9)5-7(9)8(11)12/h1,3,6-7H,2,4-5,10H2,(H,11,12). The molecular weight excluding hydrogens is 154 g/mol. The molecule has 0 amide bonds. The van der Waals surface area contributed by atoms with E-state index < -0.39 is 11.5 Å². The van der Waals surface area contributed by atoms with Crippen LogP contribution in [0.2, 0.25) is 0 Å². The number of hydrogen-bond donors (Lipinski definition) is 2. The monoisotopic (exact) mass is 167 g/mol. The summed E-state index contributed by atoms with van der Waals surface area (Å²) in [5.74, 6) is -0.649. The SMILES string of the molecule is NC12C=CC(CC1)CC2C(=O)O. The summed E-state index contributed by atoms with van der Waals surface area (Å²) in [6.07, 6.45) is 6.57. The molecule has 1 saturated carbocycles. The van der Waals surface area contributed by atoms with Crippen LogP contribution in [0, 0.1) is 11.8 Å². The third-order valence-electron chi connectivity index (χ3n) is 3.11. The van der Waals surface area contributed by atoms with Crippen molar-refractivity contribution in [2.75, 3.05) is 0 Å². The number of carboxylic acid groups (broad SMARTS) is 1. The van der Waals surface area contributed by atoms with E-state index in [4.69, 9.17) is 10.8 Å². The quantitative estimate of drug-likeness (QED) is 0.566.